The van der Waals surface area contributed by atoms with Crippen molar-refractivity contribution in [3.63, 3.8) is 0 Å². The summed E-state index contributed by atoms with van der Waals surface area (Å²) in [6.45, 7) is 1.30. The number of hydrogen-bond acceptors (Lipinski definition) is 4. The van der Waals surface area contributed by atoms with E-state index < -0.39 is 6.09 Å². The molecule has 0 radical (unpaired) electrons. The van der Waals surface area contributed by atoms with Gasteiger partial charge in [-0.15, -0.1) is 0 Å². The highest BCUT2D eigenvalue weighted by molar-refractivity contribution is 5.79. The molecule has 22 heavy (non-hydrogen) atoms. The molecule has 1 aliphatic rings. The van der Waals surface area contributed by atoms with E-state index in [1.54, 1.807) is 7.11 Å². The molecule has 0 spiro atoms. The van der Waals surface area contributed by atoms with Crippen molar-refractivity contribution in [2.45, 2.75) is 25.3 Å². The van der Waals surface area contributed by atoms with Crippen LogP contribution in [-0.2, 0) is 16.0 Å². The van der Waals surface area contributed by atoms with E-state index in [-0.39, 0.29) is 11.9 Å². The van der Waals surface area contributed by atoms with Crippen LogP contribution in [0.4, 0.5) is 4.79 Å². The summed E-state index contributed by atoms with van der Waals surface area (Å²) in [6.07, 6.45) is 1.45. The van der Waals surface area contributed by atoms with Crippen molar-refractivity contribution < 1.29 is 19.1 Å². The number of nitrogens with one attached hydrogen (secondary N) is 1. The Morgan fingerprint density at radius 3 is 2.64 bits per heavy atom. The molecule has 1 aliphatic heterocycles. The molecular formula is C16H22N2O4. The van der Waals surface area contributed by atoms with E-state index in [0.29, 0.717) is 19.5 Å². The third-order valence-electron chi connectivity index (χ3n) is 3.84. The van der Waals surface area contributed by atoms with Crippen LogP contribution < -0.4 is 10.1 Å². The quantitative estimate of drug-likeness (QED) is 0.917. The number of carbonyl (C=O) groups is 2. The minimum absolute atomic E-state index is 0.0771. The van der Waals surface area contributed by atoms with Crippen LogP contribution in [0.25, 0.3) is 0 Å². The van der Waals surface area contributed by atoms with Crippen molar-refractivity contribution >= 4 is 12.0 Å². The van der Waals surface area contributed by atoms with Gasteiger partial charge in [-0.2, -0.15) is 0 Å². The van der Waals surface area contributed by atoms with Crippen molar-refractivity contribution in [1.29, 1.82) is 0 Å². The van der Waals surface area contributed by atoms with Gasteiger partial charge in [-0.25, -0.2) is 4.79 Å². The fourth-order valence-corrected chi connectivity index (χ4v) is 2.57. The number of benzene rings is 1. The predicted octanol–water partition coefficient (Wildman–Crippen LogP) is 1.58. The summed E-state index contributed by atoms with van der Waals surface area (Å²) >= 11 is 0. The maximum atomic E-state index is 12.3. The van der Waals surface area contributed by atoms with Gasteiger partial charge in [0.2, 0.25) is 5.91 Å². The average molecular weight is 306 g/mol. The van der Waals surface area contributed by atoms with Gasteiger partial charge < -0.3 is 19.7 Å². The summed E-state index contributed by atoms with van der Waals surface area (Å²) in [4.78, 5) is 25.3. The van der Waals surface area contributed by atoms with Gasteiger partial charge >= 0.3 is 6.09 Å². The standard InChI is InChI=1S/C16H22N2O4/c1-21-14-5-3-4-12(10-14)11-15(19)18-8-6-13(7-9-18)17-16(20)22-2/h3-5,10,13H,6-9,11H2,1-2H3,(H,17,20). The van der Waals surface area contributed by atoms with E-state index in [1.165, 1.54) is 7.11 Å². The first-order chi connectivity index (χ1) is 10.6. The SMILES string of the molecule is COC(=O)NC1CCN(C(=O)Cc2cccc(OC)c2)CC1. The number of nitrogens with zero attached hydrogens (tertiary/aromatic N) is 1. The van der Waals surface area contributed by atoms with Gasteiger partial charge in [0.25, 0.3) is 0 Å². The summed E-state index contributed by atoms with van der Waals surface area (Å²) in [5.41, 5.74) is 0.944. The molecule has 2 rings (SSSR count). The van der Waals surface area contributed by atoms with Crippen molar-refractivity contribution in [2.75, 3.05) is 27.3 Å². The van der Waals surface area contributed by atoms with E-state index in [4.69, 9.17) is 4.74 Å². The van der Waals surface area contributed by atoms with Crippen molar-refractivity contribution in [3.8, 4) is 5.75 Å². The van der Waals surface area contributed by atoms with Gasteiger partial charge in [0.05, 0.1) is 20.6 Å². The summed E-state index contributed by atoms with van der Waals surface area (Å²) in [5.74, 6) is 0.857. The molecular weight excluding hydrogens is 284 g/mol. The van der Waals surface area contributed by atoms with Crippen LogP contribution in [-0.4, -0.2) is 50.3 Å². The number of methoxy groups -OCH3 is 2. The third kappa shape index (κ3) is 4.38. The van der Waals surface area contributed by atoms with Crippen LogP contribution in [0.1, 0.15) is 18.4 Å². The average Bonchev–Trinajstić information content (AvgIpc) is 2.55. The second-order valence-corrected chi connectivity index (χ2v) is 5.32. The van der Waals surface area contributed by atoms with Crippen LogP contribution in [0, 0.1) is 0 Å². The number of amides is 2. The number of likely N-dealkylation sites (tertiary alicyclic amines) is 1. The molecule has 0 atom stereocenters. The summed E-state index contributed by atoms with van der Waals surface area (Å²) in [7, 11) is 2.96. The summed E-state index contributed by atoms with van der Waals surface area (Å²) in [5, 5.41) is 2.78. The van der Waals surface area contributed by atoms with E-state index in [9.17, 15) is 9.59 Å². The highest BCUT2D eigenvalue weighted by atomic mass is 16.5. The molecule has 0 bridgehead atoms. The van der Waals surface area contributed by atoms with E-state index in [0.717, 1.165) is 24.2 Å². The molecule has 0 aliphatic carbocycles. The minimum Gasteiger partial charge on any atom is -0.497 e. The van der Waals surface area contributed by atoms with Crippen LogP contribution in [0.5, 0.6) is 5.75 Å². The van der Waals surface area contributed by atoms with Gasteiger partial charge in [-0.1, -0.05) is 12.1 Å². The smallest absolute Gasteiger partial charge is 0.407 e. The lowest BCUT2D eigenvalue weighted by molar-refractivity contribution is -0.131. The lowest BCUT2D eigenvalue weighted by Crippen LogP contribution is -2.46. The van der Waals surface area contributed by atoms with Crippen LogP contribution in [0.3, 0.4) is 0 Å². The fraction of sp³-hybridized carbons (Fsp3) is 0.500. The van der Waals surface area contributed by atoms with Gasteiger partial charge in [-0.3, -0.25) is 4.79 Å². The molecule has 2 amide bonds. The Kier molecular flexibility index (Phi) is 5.63. The Hall–Kier alpha value is -2.24. The predicted molar refractivity (Wildman–Crippen MR) is 81.8 cm³/mol. The molecule has 6 nitrogen and oxygen atoms in total. The largest absolute Gasteiger partial charge is 0.497 e. The molecule has 120 valence electrons. The number of rotatable bonds is 4. The van der Waals surface area contributed by atoms with E-state index in [1.807, 2.05) is 29.2 Å². The highest BCUT2D eigenvalue weighted by Crippen LogP contribution is 2.16. The van der Waals surface area contributed by atoms with Crippen molar-refractivity contribution in [3.05, 3.63) is 29.8 Å². The van der Waals surface area contributed by atoms with E-state index in [2.05, 4.69) is 10.1 Å². The Morgan fingerprint density at radius 1 is 1.27 bits per heavy atom. The first-order valence-corrected chi connectivity index (χ1v) is 7.37. The Labute approximate surface area is 130 Å². The third-order valence-corrected chi connectivity index (χ3v) is 3.84. The molecule has 1 fully saturated rings. The molecule has 1 heterocycles. The molecule has 1 aromatic rings. The first-order valence-electron chi connectivity index (χ1n) is 7.37. The summed E-state index contributed by atoms with van der Waals surface area (Å²) < 4.78 is 9.75. The Morgan fingerprint density at radius 2 is 2.00 bits per heavy atom. The zero-order valence-electron chi connectivity index (χ0n) is 13.0. The maximum absolute atomic E-state index is 12.3. The number of piperidine rings is 1. The Balaban J connectivity index is 1.83. The Bertz CT molecular complexity index is 525. The van der Waals surface area contributed by atoms with Gasteiger partial charge in [0, 0.05) is 19.1 Å². The molecule has 1 saturated heterocycles. The zero-order chi connectivity index (χ0) is 15.9. The number of ether oxygens (including phenoxy) is 2. The number of alkyl carbamates (subject to hydrolysis) is 1. The lowest BCUT2D eigenvalue weighted by atomic mass is 10.0. The topological polar surface area (TPSA) is 67.9 Å². The van der Waals surface area contributed by atoms with Crippen molar-refractivity contribution in [1.82, 2.24) is 10.2 Å². The van der Waals surface area contributed by atoms with Crippen molar-refractivity contribution in [2.24, 2.45) is 0 Å². The number of carbonyl (C=O) groups excluding carboxylic acids is 2. The highest BCUT2D eigenvalue weighted by Gasteiger charge is 2.24. The lowest BCUT2D eigenvalue weighted by Gasteiger charge is -2.32. The molecule has 0 unspecified atom stereocenters. The first kappa shape index (κ1) is 16.1. The number of hydrogen-bond donors (Lipinski definition) is 1. The van der Waals surface area contributed by atoms with Crippen LogP contribution >= 0.6 is 0 Å². The zero-order valence-corrected chi connectivity index (χ0v) is 13.0. The maximum Gasteiger partial charge on any atom is 0.407 e. The summed E-state index contributed by atoms with van der Waals surface area (Å²) in [6, 6.07) is 7.62. The molecule has 0 aromatic heterocycles. The molecule has 6 heteroatoms. The van der Waals surface area contributed by atoms with Gasteiger partial charge in [-0.05, 0) is 30.5 Å². The molecule has 1 N–H and O–H groups in total. The fourth-order valence-electron chi connectivity index (χ4n) is 2.57. The normalized spacial score (nSPS) is 15.3. The van der Waals surface area contributed by atoms with Gasteiger partial charge in [0.1, 0.15) is 5.75 Å². The minimum atomic E-state index is -0.416. The molecule has 1 aromatic carbocycles. The monoisotopic (exact) mass is 306 g/mol. The second-order valence-electron chi connectivity index (χ2n) is 5.32. The van der Waals surface area contributed by atoms with E-state index >= 15 is 0 Å². The molecule has 0 saturated carbocycles. The second kappa shape index (κ2) is 7.68. The van der Waals surface area contributed by atoms with Crippen LogP contribution in [0.2, 0.25) is 0 Å². The van der Waals surface area contributed by atoms with Gasteiger partial charge in [0.15, 0.2) is 0 Å². The van der Waals surface area contributed by atoms with Crippen LogP contribution in [0.15, 0.2) is 24.3 Å².